The number of aliphatic carboxylic acids is 1. The summed E-state index contributed by atoms with van der Waals surface area (Å²) in [5.41, 5.74) is 1.21. The Morgan fingerprint density at radius 1 is 1.38 bits per heavy atom. The van der Waals surface area contributed by atoms with Crippen LogP contribution in [0.2, 0.25) is 0 Å². The topological polar surface area (TPSA) is 41.7 Å². The number of nitrogens with zero attached hydrogens (tertiary/aromatic N) is 1. The van der Waals surface area contributed by atoms with E-state index in [2.05, 4.69) is 31.0 Å². The monoisotopic (exact) mass is 284 g/mol. The van der Waals surface area contributed by atoms with Gasteiger partial charge in [-0.05, 0) is 18.1 Å². The quantitative estimate of drug-likeness (QED) is 0.370. The van der Waals surface area contributed by atoms with Crippen molar-refractivity contribution in [2.45, 2.75) is 19.8 Å². The number of unbranched alkanes of at least 4 members (excludes halogenated alkanes) is 1. The molecule has 1 aromatic rings. The summed E-state index contributed by atoms with van der Waals surface area (Å²) in [6.07, 6.45) is 6.79. The van der Waals surface area contributed by atoms with E-state index >= 15 is 0 Å². The number of benzene rings is 1. The Morgan fingerprint density at radius 2 is 2.05 bits per heavy atom. The van der Waals surface area contributed by atoms with Gasteiger partial charge in [0, 0.05) is 6.42 Å². The van der Waals surface area contributed by atoms with Crippen molar-refractivity contribution < 1.29 is 9.90 Å². The minimum absolute atomic E-state index is 0.0400. The second-order valence-corrected chi connectivity index (χ2v) is 4.14. The van der Waals surface area contributed by atoms with Crippen LogP contribution in [-0.2, 0) is 4.79 Å². The first-order chi connectivity index (χ1) is 10.1. The molecule has 0 atom stereocenters. The molecule has 1 rings (SSSR count). The van der Waals surface area contributed by atoms with Gasteiger partial charge in [-0.3, -0.25) is 0 Å². The fraction of sp³-hybridized carbons (Fsp3) is 0.222. The Kier molecular flexibility index (Phi) is 10.9. The fourth-order valence-corrected chi connectivity index (χ4v) is 1.15. The fourth-order valence-electron chi connectivity index (χ4n) is 1.15. The zero-order chi connectivity index (χ0) is 15.9. The third-order valence-electron chi connectivity index (χ3n) is 2.38. The number of hydrogen-bond donors (Lipinski definition) is 1. The molecule has 3 nitrogen and oxygen atoms in total. The standard InChI is InChI=1S/C10H13NO2.C8H8/c1-3-4-7-11-8-5-6-9(2)10(12)13;1-2-8-6-4-3-5-7-8/h5-6H,2-4,7H2,1H3;2-7H,1H2/p+1. The third kappa shape index (κ3) is 11.0. The Bertz CT molecular complexity index is 533. The lowest BCUT2D eigenvalue weighted by molar-refractivity contribution is -0.132. The van der Waals surface area contributed by atoms with Crippen LogP contribution in [0.5, 0.6) is 0 Å². The van der Waals surface area contributed by atoms with Crippen LogP contribution in [0.3, 0.4) is 0 Å². The van der Waals surface area contributed by atoms with Gasteiger partial charge in [-0.2, -0.15) is 0 Å². The van der Waals surface area contributed by atoms with Gasteiger partial charge in [0.15, 0.2) is 0 Å². The summed E-state index contributed by atoms with van der Waals surface area (Å²) in [6.45, 7) is 9.77. The lowest BCUT2D eigenvalue weighted by Gasteiger charge is -1.85. The summed E-state index contributed by atoms with van der Waals surface area (Å²) in [7, 11) is 0. The van der Waals surface area contributed by atoms with Gasteiger partial charge < -0.3 is 5.11 Å². The molecule has 0 radical (unpaired) electrons. The predicted molar refractivity (Wildman–Crippen MR) is 89.5 cm³/mol. The average Bonchev–Trinajstić information content (AvgIpc) is 2.51. The zero-order valence-electron chi connectivity index (χ0n) is 12.5. The summed E-state index contributed by atoms with van der Waals surface area (Å²) in [6, 6.07) is 12.7. The van der Waals surface area contributed by atoms with Crippen LogP contribution in [0, 0.1) is 6.07 Å². The highest BCUT2D eigenvalue weighted by Crippen LogP contribution is 1.97. The summed E-state index contributed by atoms with van der Waals surface area (Å²) >= 11 is 0. The van der Waals surface area contributed by atoms with Crippen LogP contribution in [0.15, 0.2) is 61.2 Å². The van der Waals surface area contributed by atoms with Crippen molar-refractivity contribution in [3.8, 4) is 6.07 Å². The molecule has 0 amide bonds. The van der Waals surface area contributed by atoms with Gasteiger partial charge in [0.05, 0.1) is 11.6 Å². The molecule has 110 valence electrons. The minimum Gasteiger partial charge on any atom is -0.478 e. The Hall–Kier alpha value is -2.60. The molecule has 0 spiro atoms. The number of rotatable bonds is 5. The first kappa shape index (κ1) is 18.4. The normalized spacial score (nSPS) is 9.00. The van der Waals surface area contributed by atoms with Crippen molar-refractivity contribution in [3.63, 3.8) is 0 Å². The Balaban J connectivity index is 0.000000423. The van der Waals surface area contributed by atoms with Crippen LogP contribution < -0.4 is 0 Å². The number of hydrogen-bond acceptors (Lipinski definition) is 1. The number of carboxylic acid groups (broad SMARTS) is 1. The van der Waals surface area contributed by atoms with E-state index in [1.165, 1.54) is 17.7 Å². The van der Waals surface area contributed by atoms with E-state index in [0.29, 0.717) is 0 Å². The zero-order valence-corrected chi connectivity index (χ0v) is 12.5. The van der Waals surface area contributed by atoms with Crippen molar-refractivity contribution in [2.24, 2.45) is 0 Å². The summed E-state index contributed by atoms with van der Waals surface area (Å²) in [5.74, 6) is -1.02. The van der Waals surface area contributed by atoms with Crippen LogP contribution in [0.1, 0.15) is 25.3 Å². The van der Waals surface area contributed by atoms with Crippen molar-refractivity contribution in [3.05, 3.63) is 71.6 Å². The van der Waals surface area contributed by atoms with E-state index in [-0.39, 0.29) is 5.57 Å². The summed E-state index contributed by atoms with van der Waals surface area (Å²) in [4.78, 5) is 14.2. The molecule has 3 heteroatoms. The molecule has 0 aliphatic carbocycles. The maximum atomic E-state index is 10.3. The van der Waals surface area contributed by atoms with E-state index in [9.17, 15) is 4.79 Å². The maximum Gasteiger partial charge on any atom is 0.335 e. The largest absolute Gasteiger partial charge is 0.478 e. The molecule has 0 aromatic heterocycles. The minimum atomic E-state index is -1.02. The van der Waals surface area contributed by atoms with Gasteiger partial charge in [-0.15, -0.1) is 0 Å². The van der Waals surface area contributed by atoms with Crippen molar-refractivity contribution in [1.29, 1.82) is 0 Å². The van der Waals surface area contributed by atoms with E-state index in [4.69, 9.17) is 5.11 Å². The van der Waals surface area contributed by atoms with Gasteiger partial charge in [0.1, 0.15) is 0 Å². The molecule has 0 heterocycles. The Morgan fingerprint density at radius 3 is 2.52 bits per heavy atom. The summed E-state index contributed by atoms with van der Waals surface area (Å²) in [5, 5.41) is 8.41. The van der Waals surface area contributed by atoms with Gasteiger partial charge in [0.2, 0.25) is 0 Å². The molecule has 0 saturated heterocycles. The number of carbonyl (C=O) groups is 1. The van der Waals surface area contributed by atoms with Crippen LogP contribution in [0.25, 0.3) is 10.9 Å². The lowest BCUT2D eigenvalue weighted by atomic mass is 10.2. The smallest absolute Gasteiger partial charge is 0.335 e. The first-order valence-electron chi connectivity index (χ1n) is 6.80. The highest BCUT2D eigenvalue weighted by molar-refractivity contribution is 5.89. The molecular weight excluding hydrogens is 262 g/mol. The molecular formula is C18H22NO2+. The summed E-state index contributed by atoms with van der Waals surface area (Å²) < 4.78 is 0. The van der Waals surface area contributed by atoms with E-state index in [1.807, 2.05) is 36.4 Å². The predicted octanol–water partition coefficient (Wildman–Crippen LogP) is 4.65. The van der Waals surface area contributed by atoms with Crippen molar-refractivity contribution in [1.82, 2.24) is 0 Å². The molecule has 1 aromatic carbocycles. The van der Waals surface area contributed by atoms with Crippen LogP contribution >= 0.6 is 0 Å². The van der Waals surface area contributed by atoms with E-state index in [1.54, 1.807) is 0 Å². The van der Waals surface area contributed by atoms with Crippen LogP contribution in [0.4, 0.5) is 0 Å². The second kappa shape index (κ2) is 12.4. The molecule has 0 unspecified atom stereocenters. The number of carboxylic acids is 1. The maximum absolute atomic E-state index is 10.3. The molecule has 0 saturated carbocycles. The number of allylic oxidation sites excluding steroid dienone is 1. The average molecular weight is 284 g/mol. The van der Waals surface area contributed by atoms with E-state index < -0.39 is 5.97 Å². The Labute approximate surface area is 126 Å². The highest BCUT2D eigenvalue weighted by atomic mass is 16.4. The molecule has 1 N–H and O–H groups in total. The molecule has 0 aliphatic rings. The van der Waals surface area contributed by atoms with Crippen LogP contribution in [-0.4, -0.2) is 17.6 Å². The van der Waals surface area contributed by atoms with Gasteiger partial charge >= 0.3 is 12.0 Å². The molecule has 21 heavy (non-hydrogen) atoms. The first-order valence-corrected chi connectivity index (χ1v) is 6.80. The van der Waals surface area contributed by atoms with Crippen molar-refractivity contribution >= 4 is 12.0 Å². The lowest BCUT2D eigenvalue weighted by Crippen LogP contribution is -1.94. The highest BCUT2D eigenvalue weighted by Gasteiger charge is 1.96. The molecule has 0 fully saturated rings. The SMILES string of the molecule is C=C(C=CC#[N+]CCCC)C(=O)O.C=Cc1ccccc1. The molecule has 0 bridgehead atoms. The van der Waals surface area contributed by atoms with Gasteiger partial charge in [-0.25, -0.2) is 4.79 Å². The molecule has 0 aliphatic heterocycles. The third-order valence-corrected chi connectivity index (χ3v) is 2.38. The van der Waals surface area contributed by atoms with Gasteiger partial charge in [0.25, 0.3) is 6.54 Å². The second-order valence-electron chi connectivity index (χ2n) is 4.14. The van der Waals surface area contributed by atoms with Gasteiger partial charge in [-0.1, -0.05) is 61.3 Å². The van der Waals surface area contributed by atoms with Crippen molar-refractivity contribution in [2.75, 3.05) is 6.54 Å². The van der Waals surface area contributed by atoms with E-state index in [0.717, 1.165) is 19.4 Å².